The van der Waals surface area contributed by atoms with Crippen LogP contribution in [0.2, 0.25) is 10.2 Å². The van der Waals surface area contributed by atoms with E-state index in [0.29, 0.717) is 33.8 Å². The molecule has 1 aromatic carbocycles. The largest absolute Gasteiger partial charge is 0.329 e. The minimum atomic E-state index is 0.00725. The topological polar surface area (TPSA) is 57.0 Å². The Kier molecular flexibility index (Phi) is 5.56. The minimum absolute atomic E-state index is 0.00725. The highest BCUT2D eigenvalue weighted by Crippen LogP contribution is 2.63. The van der Waals surface area contributed by atoms with Gasteiger partial charge in [-0.1, -0.05) is 57.0 Å². The molecule has 0 bridgehead atoms. The first-order chi connectivity index (χ1) is 14.6. The summed E-state index contributed by atoms with van der Waals surface area (Å²) in [5, 5.41) is 9.99. The van der Waals surface area contributed by atoms with Crippen LogP contribution in [0.15, 0.2) is 30.3 Å². The molecule has 31 heavy (non-hydrogen) atoms. The van der Waals surface area contributed by atoms with Gasteiger partial charge in [-0.15, -0.1) is 0 Å². The number of carbonyl (C=O) groups is 1. The lowest BCUT2D eigenvalue weighted by molar-refractivity contribution is -0.171. The van der Waals surface area contributed by atoms with Crippen molar-refractivity contribution in [2.24, 2.45) is 16.7 Å². The van der Waals surface area contributed by atoms with Gasteiger partial charge in [-0.25, -0.2) is 4.98 Å². The van der Waals surface area contributed by atoms with E-state index in [1.165, 1.54) is 0 Å². The van der Waals surface area contributed by atoms with E-state index in [-0.39, 0.29) is 22.8 Å². The first-order valence-electron chi connectivity index (χ1n) is 10.7. The van der Waals surface area contributed by atoms with E-state index in [2.05, 4.69) is 38.7 Å². The summed E-state index contributed by atoms with van der Waals surface area (Å²) < 4.78 is 0. The fraction of sp³-hybridized carbons (Fsp3) is 0.480. The van der Waals surface area contributed by atoms with Crippen molar-refractivity contribution in [3.63, 3.8) is 0 Å². The Hall–Kier alpha value is -2.09. The molecule has 0 unspecified atom stereocenters. The molecule has 1 fully saturated rings. The van der Waals surface area contributed by atoms with Crippen molar-refractivity contribution >= 4 is 29.1 Å². The third-order valence-corrected chi connectivity index (χ3v) is 7.90. The first kappa shape index (κ1) is 22.1. The van der Waals surface area contributed by atoms with Gasteiger partial charge in [-0.05, 0) is 65.8 Å². The zero-order valence-electron chi connectivity index (χ0n) is 18.4. The second-order valence-corrected chi connectivity index (χ2v) is 10.8. The molecule has 0 N–H and O–H groups in total. The van der Waals surface area contributed by atoms with Gasteiger partial charge in [-0.2, -0.15) is 5.26 Å². The second-order valence-electron chi connectivity index (χ2n) is 9.98. The molecule has 1 aliphatic heterocycles. The maximum absolute atomic E-state index is 13.1. The van der Waals surface area contributed by atoms with Crippen LogP contribution in [0, 0.1) is 28.1 Å². The average molecular weight is 456 g/mol. The third-order valence-electron chi connectivity index (χ3n) is 7.38. The minimum Gasteiger partial charge on any atom is -0.329 e. The van der Waals surface area contributed by atoms with Gasteiger partial charge in [0.1, 0.15) is 11.2 Å². The van der Waals surface area contributed by atoms with Crippen molar-refractivity contribution < 1.29 is 4.79 Å². The summed E-state index contributed by atoms with van der Waals surface area (Å²) >= 11 is 12.2. The van der Waals surface area contributed by atoms with Gasteiger partial charge in [0.25, 0.3) is 5.91 Å². The van der Waals surface area contributed by atoms with Gasteiger partial charge >= 0.3 is 0 Å². The van der Waals surface area contributed by atoms with Crippen molar-refractivity contribution in [1.82, 2.24) is 9.88 Å². The van der Waals surface area contributed by atoms with Gasteiger partial charge in [0, 0.05) is 6.04 Å². The summed E-state index contributed by atoms with van der Waals surface area (Å²) in [5.41, 5.74) is 3.15. The zero-order chi connectivity index (χ0) is 22.6. The highest BCUT2D eigenvalue weighted by molar-refractivity contribution is 6.31. The number of aromatic nitrogens is 1. The summed E-state index contributed by atoms with van der Waals surface area (Å²) in [6.45, 7) is 9.65. The van der Waals surface area contributed by atoms with Crippen LogP contribution in [0.1, 0.15) is 67.7 Å². The van der Waals surface area contributed by atoms with Crippen LogP contribution >= 0.6 is 23.2 Å². The van der Waals surface area contributed by atoms with Gasteiger partial charge in [0.2, 0.25) is 0 Å². The number of benzene rings is 1. The fourth-order valence-electron chi connectivity index (χ4n) is 6.45. The van der Waals surface area contributed by atoms with E-state index in [1.54, 1.807) is 18.2 Å². The standard InChI is InChI=1S/C25H27Cl2N3O/c1-24(2)20(7-5-6-15-8-9-16(13-28)18(26)12-15)25(3,4)23(24)30-14-19-17(22(30)31)10-11-21(27)29-19/h8-12,20,23H,5-7,14H2,1-4H3. The van der Waals surface area contributed by atoms with Crippen LogP contribution < -0.4 is 0 Å². The van der Waals surface area contributed by atoms with Crippen LogP contribution in [0.3, 0.4) is 0 Å². The van der Waals surface area contributed by atoms with Crippen molar-refractivity contribution in [2.75, 3.05) is 0 Å². The smallest absolute Gasteiger partial charge is 0.256 e. The lowest BCUT2D eigenvalue weighted by Crippen LogP contribution is -2.69. The average Bonchev–Trinajstić information content (AvgIpc) is 2.99. The predicted octanol–water partition coefficient (Wildman–Crippen LogP) is 6.29. The van der Waals surface area contributed by atoms with E-state index >= 15 is 0 Å². The maximum Gasteiger partial charge on any atom is 0.256 e. The molecule has 0 spiro atoms. The number of nitriles is 1. The molecular weight excluding hydrogens is 429 g/mol. The summed E-state index contributed by atoms with van der Waals surface area (Å²) in [4.78, 5) is 19.5. The number of nitrogens with zero attached hydrogens (tertiary/aromatic N) is 3. The highest BCUT2D eigenvalue weighted by atomic mass is 35.5. The van der Waals surface area contributed by atoms with Crippen molar-refractivity contribution in [2.45, 2.75) is 59.5 Å². The Morgan fingerprint density at radius 3 is 2.52 bits per heavy atom. The van der Waals surface area contributed by atoms with E-state index in [1.807, 2.05) is 17.0 Å². The summed E-state index contributed by atoms with van der Waals surface area (Å²) in [6.07, 6.45) is 3.04. The second kappa shape index (κ2) is 7.80. The molecule has 1 saturated carbocycles. The summed E-state index contributed by atoms with van der Waals surface area (Å²) in [5.74, 6) is 0.558. The van der Waals surface area contributed by atoms with Gasteiger partial charge in [0.15, 0.2) is 0 Å². The number of fused-ring (bicyclic) bond motifs is 1. The Morgan fingerprint density at radius 2 is 1.87 bits per heavy atom. The molecule has 2 heterocycles. The molecule has 0 saturated heterocycles. The van der Waals surface area contributed by atoms with Gasteiger partial charge < -0.3 is 4.90 Å². The Balaban J connectivity index is 1.44. The van der Waals surface area contributed by atoms with Crippen LogP contribution in [-0.4, -0.2) is 21.8 Å². The molecule has 1 amide bonds. The van der Waals surface area contributed by atoms with E-state index in [0.717, 1.165) is 30.5 Å². The summed E-state index contributed by atoms with van der Waals surface area (Å²) in [7, 11) is 0. The van der Waals surface area contributed by atoms with Gasteiger partial charge in [0.05, 0.1) is 28.4 Å². The van der Waals surface area contributed by atoms with Gasteiger partial charge in [-0.3, -0.25) is 4.79 Å². The van der Waals surface area contributed by atoms with E-state index in [9.17, 15) is 4.79 Å². The number of rotatable bonds is 5. The van der Waals surface area contributed by atoms with Crippen LogP contribution in [0.5, 0.6) is 0 Å². The first-order valence-corrected chi connectivity index (χ1v) is 11.5. The monoisotopic (exact) mass is 455 g/mol. The lowest BCUT2D eigenvalue weighted by Gasteiger charge is -2.67. The maximum atomic E-state index is 13.1. The molecule has 0 atom stereocenters. The van der Waals surface area contributed by atoms with Crippen LogP contribution in [-0.2, 0) is 13.0 Å². The van der Waals surface area contributed by atoms with Crippen molar-refractivity contribution in [3.05, 3.63) is 62.9 Å². The number of hydrogen-bond acceptors (Lipinski definition) is 3. The van der Waals surface area contributed by atoms with Crippen molar-refractivity contribution in [3.8, 4) is 6.07 Å². The van der Waals surface area contributed by atoms with E-state index < -0.39 is 0 Å². The molecule has 162 valence electrons. The zero-order valence-corrected chi connectivity index (χ0v) is 19.9. The quantitative estimate of drug-likeness (QED) is 0.497. The number of hydrogen-bond donors (Lipinski definition) is 0. The Morgan fingerprint density at radius 1 is 1.16 bits per heavy atom. The number of carbonyl (C=O) groups excluding carboxylic acids is 1. The summed E-state index contributed by atoms with van der Waals surface area (Å²) in [6, 6.07) is 11.4. The van der Waals surface area contributed by atoms with E-state index in [4.69, 9.17) is 28.5 Å². The number of halogens is 2. The molecule has 4 nitrogen and oxygen atoms in total. The molecule has 2 aromatic rings. The number of amides is 1. The molecule has 1 aromatic heterocycles. The Labute approximate surface area is 194 Å². The predicted molar refractivity (Wildman–Crippen MR) is 123 cm³/mol. The fourth-order valence-corrected chi connectivity index (χ4v) is 6.86. The molecule has 4 rings (SSSR count). The SMILES string of the molecule is CC1(C)C(CCCc2ccc(C#N)c(Cl)c2)C(C)(C)C1N1Cc2nc(Cl)ccc2C1=O. The number of pyridine rings is 1. The normalized spacial score (nSPS) is 23.3. The molecular formula is C25H27Cl2N3O. The molecule has 6 heteroatoms. The third kappa shape index (κ3) is 3.62. The van der Waals surface area contributed by atoms with Crippen molar-refractivity contribution in [1.29, 1.82) is 5.26 Å². The highest BCUT2D eigenvalue weighted by Gasteiger charge is 2.64. The molecule has 0 radical (unpaired) electrons. The molecule has 1 aliphatic carbocycles. The number of aryl methyl sites for hydroxylation is 1. The van der Waals surface area contributed by atoms with Crippen LogP contribution in [0.4, 0.5) is 0 Å². The Bertz CT molecular complexity index is 1070. The van der Waals surface area contributed by atoms with Crippen LogP contribution in [0.25, 0.3) is 0 Å². The molecule has 2 aliphatic rings. The lowest BCUT2D eigenvalue weighted by atomic mass is 9.43.